The average Bonchev–Trinajstić information content (AvgIpc) is 3.56. The van der Waals surface area contributed by atoms with Crippen molar-refractivity contribution >= 4 is 11.6 Å². The molecule has 2 aromatic carbocycles. The van der Waals surface area contributed by atoms with Crippen LogP contribution in [0.4, 0.5) is 8.78 Å². The van der Waals surface area contributed by atoms with Crippen molar-refractivity contribution in [1.82, 2.24) is 0 Å². The molecule has 1 unspecified atom stereocenters. The Kier molecular flexibility index (Phi) is 6.15. The molecule has 4 heteroatoms. The summed E-state index contributed by atoms with van der Waals surface area (Å²) in [5.74, 6) is 0.567. The van der Waals surface area contributed by atoms with Gasteiger partial charge in [-0.15, -0.1) is 0 Å². The molecule has 0 aliphatic heterocycles. The van der Waals surface area contributed by atoms with E-state index < -0.39 is 0 Å². The lowest BCUT2D eigenvalue weighted by Gasteiger charge is -2.17. The highest BCUT2D eigenvalue weighted by Gasteiger charge is 2.35. The standard InChI is InChI=1S/C25H23ClF2O/c26-20-12-10-19(11-13-20)25(18-8-9-18)23(28)15-7-17-6-14-22(27)24(16-17)29-21-4-2-1-3-5-21/h1-5,10-13,15-16,18,25H,6-9,14H2/b23-15-. The van der Waals surface area contributed by atoms with Gasteiger partial charge in [-0.2, -0.15) is 0 Å². The van der Waals surface area contributed by atoms with E-state index in [-0.39, 0.29) is 29.8 Å². The van der Waals surface area contributed by atoms with E-state index in [2.05, 4.69) is 0 Å². The molecule has 1 nitrogen and oxygen atoms in total. The van der Waals surface area contributed by atoms with Crippen LogP contribution < -0.4 is 4.74 Å². The fourth-order valence-corrected chi connectivity index (χ4v) is 3.83. The van der Waals surface area contributed by atoms with Crippen LogP contribution in [0, 0.1) is 5.92 Å². The van der Waals surface area contributed by atoms with Gasteiger partial charge in [-0.05, 0) is 73.6 Å². The lowest BCUT2D eigenvalue weighted by Crippen LogP contribution is -2.04. The Morgan fingerprint density at radius 2 is 1.79 bits per heavy atom. The van der Waals surface area contributed by atoms with Crippen molar-refractivity contribution in [1.29, 1.82) is 0 Å². The van der Waals surface area contributed by atoms with Gasteiger partial charge in [-0.3, -0.25) is 0 Å². The van der Waals surface area contributed by atoms with Crippen molar-refractivity contribution in [2.45, 2.75) is 38.0 Å². The SMILES string of the molecule is FC1=C(Oc2ccccc2)C=C(C/C=C(\F)C(c2ccc(Cl)cc2)C2CC2)CC1. The minimum atomic E-state index is -0.265. The minimum absolute atomic E-state index is 0.115. The second-order valence-corrected chi connectivity index (χ2v) is 8.08. The number of benzene rings is 2. The number of hydrogen-bond acceptors (Lipinski definition) is 1. The topological polar surface area (TPSA) is 9.23 Å². The minimum Gasteiger partial charge on any atom is -0.455 e. The predicted molar refractivity (Wildman–Crippen MR) is 113 cm³/mol. The zero-order valence-corrected chi connectivity index (χ0v) is 16.8. The van der Waals surface area contributed by atoms with Crippen LogP contribution in [0.2, 0.25) is 5.02 Å². The van der Waals surface area contributed by atoms with Crippen molar-refractivity contribution in [2.24, 2.45) is 5.92 Å². The molecule has 0 aromatic heterocycles. The molecule has 0 bridgehead atoms. The highest BCUT2D eigenvalue weighted by Crippen LogP contribution is 2.47. The summed E-state index contributed by atoms with van der Waals surface area (Å²) >= 11 is 5.97. The first kappa shape index (κ1) is 19.9. The van der Waals surface area contributed by atoms with Crippen LogP contribution in [-0.4, -0.2) is 0 Å². The van der Waals surface area contributed by atoms with E-state index in [0.717, 1.165) is 24.0 Å². The molecular formula is C25H23ClF2O. The van der Waals surface area contributed by atoms with Crippen molar-refractivity contribution in [2.75, 3.05) is 0 Å². The molecule has 0 saturated heterocycles. The van der Waals surface area contributed by atoms with Crippen LogP contribution in [0.1, 0.15) is 43.6 Å². The normalized spacial score (nSPS) is 18.4. The van der Waals surface area contributed by atoms with Gasteiger partial charge in [0.25, 0.3) is 0 Å². The molecule has 4 rings (SSSR count). The van der Waals surface area contributed by atoms with Gasteiger partial charge in [-0.1, -0.05) is 47.5 Å². The van der Waals surface area contributed by atoms with E-state index in [1.807, 2.05) is 42.5 Å². The molecular weight excluding hydrogens is 390 g/mol. The number of ether oxygens (including phenoxy) is 1. The maximum atomic E-state index is 15.1. The zero-order chi connectivity index (χ0) is 20.2. The molecule has 1 atom stereocenters. The Balaban J connectivity index is 1.48. The Morgan fingerprint density at radius 3 is 2.48 bits per heavy atom. The van der Waals surface area contributed by atoms with E-state index in [1.54, 1.807) is 24.3 Å². The maximum Gasteiger partial charge on any atom is 0.158 e. The number of rotatable bonds is 7. The van der Waals surface area contributed by atoms with Gasteiger partial charge in [0.15, 0.2) is 5.76 Å². The molecule has 0 radical (unpaired) electrons. The molecule has 1 fully saturated rings. The number of allylic oxidation sites excluding steroid dienone is 5. The Bertz CT molecular complexity index is 941. The lowest BCUT2D eigenvalue weighted by molar-refractivity contribution is 0.398. The Labute approximate surface area is 175 Å². The Hall–Kier alpha value is -2.39. The van der Waals surface area contributed by atoms with Crippen LogP contribution in [0.15, 0.2) is 89.7 Å². The molecule has 2 aliphatic carbocycles. The largest absolute Gasteiger partial charge is 0.455 e. The van der Waals surface area contributed by atoms with Gasteiger partial charge in [0.1, 0.15) is 17.4 Å². The summed E-state index contributed by atoms with van der Waals surface area (Å²) in [4.78, 5) is 0. The smallest absolute Gasteiger partial charge is 0.158 e. The first-order chi connectivity index (χ1) is 14.1. The fraction of sp³-hybridized carbons (Fsp3) is 0.280. The fourth-order valence-electron chi connectivity index (χ4n) is 3.70. The second-order valence-electron chi connectivity index (χ2n) is 7.65. The van der Waals surface area contributed by atoms with Crippen molar-refractivity contribution in [3.8, 4) is 5.75 Å². The third-order valence-electron chi connectivity index (χ3n) is 5.42. The maximum absolute atomic E-state index is 15.1. The van der Waals surface area contributed by atoms with Gasteiger partial charge >= 0.3 is 0 Å². The number of halogens is 3. The first-order valence-electron chi connectivity index (χ1n) is 10.0. The molecule has 29 heavy (non-hydrogen) atoms. The highest BCUT2D eigenvalue weighted by atomic mass is 35.5. The summed E-state index contributed by atoms with van der Waals surface area (Å²) in [5, 5.41) is 0.653. The van der Waals surface area contributed by atoms with Crippen LogP contribution >= 0.6 is 11.6 Å². The number of hydrogen-bond donors (Lipinski definition) is 0. The van der Waals surface area contributed by atoms with Gasteiger partial charge in [0.05, 0.1) is 0 Å². The van der Waals surface area contributed by atoms with E-state index >= 15 is 4.39 Å². The second kappa shape index (κ2) is 8.96. The quantitative estimate of drug-likeness (QED) is 0.446. The molecule has 150 valence electrons. The van der Waals surface area contributed by atoms with Gasteiger partial charge in [0, 0.05) is 17.4 Å². The van der Waals surface area contributed by atoms with Gasteiger partial charge in [0.2, 0.25) is 0 Å². The van der Waals surface area contributed by atoms with Crippen molar-refractivity contribution in [3.05, 3.63) is 100 Å². The van der Waals surface area contributed by atoms with Gasteiger partial charge in [-0.25, -0.2) is 8.78 Å². The van der Waals surface area contributed by atoms with Crippen molar-refractivity contribution in [3.63, 3.8) is 0 Å². The summed E-state index contributed by atoms with van der Waals surface area (Å²) in [6.07, 6.45) is 6.76. The summed E-state index contributed by atoms with van der Waals surface area (Å²) < 4.78 is 35.0. The molecule has 0 amide bonds. The van der Waals surface area contributed by atoms with E-state index in [4.69, 9.17) is 16.3 Å². The Morgan fingerprint density at radius 1 is 1.07 bits per heavy atom. The van der Waals surface area contributed by atoms with Crippen LogP contribution in [0.25, 0.3) is 0 Å². The first-order valence-corrected chi connectivity index (χ1v) is 10.4. The number of para-hydroxylation sites is 1. The monoisotopic (exact) mass is 412 g/mol. The van der Waals surface area contributed by atoms with E-state index in [1.165, 1.54) is 0 Å². The molecule has 0 heterocycles. The van der Waals surface area contributed by atoms with Crippen LogP contribution in [-0.2, 0) is 0 Å². The summed E-state index contributed by atoms with van der Waals surface area (Å²) in [6, 6.07) is 16.6. The third-order valence-corrected chi connectivity index (χ3v) is 5.67. The summed E-state index contributed by atoms with van der Waals surface area (Å²) in [6.45, 7) is 0. The predicted octanol–water partition coefficient (Wildman–Crippen LogP) is 8.06. The molecule has 0 spiro atoms. The zero-order valence-electron chi connectivity index (χ0n) is 16.1. The third kappa shape index (κ3) is 5.16. The summed E-state index contributed by atoms with van der Waals surface area (Å²) in [5.41, 5.74) is 1.93. The van der Waals surface area contributed by atoms with Crippen LogP contribution in [0.3, 0.4) is 0 Å². The highest BCUT2D eigenvalue weighted by molar-refractivity contribution is 6.30. The molecule has 2 aromatic rings. The van der Waals surface area contributed by atoms with E-state index in [9.17, 15) is 4.39 Å². The lowest BCUT2D eigenvalue weighted by atomic mass is 9.91. The molecule has 1 saturated carbocycles. The van der Waals surface area contributed by atoms with Gasteiger partial charge < -0.3 is 4.74 Å². The van der Waals surface area contributed by atoms with Crippen LogP contribution in [0.5, 0.6) is 5.75 Å². The van der Waals surface area contributed by atoms with Crippen molar-refractivity contribution < 1.29 is 13.5 Å². The summed E-state index contributed by atoms with van der Waals surface area (Å²) in [7, 11) is 0. The molecule has 2 aliphatic rings. The average molecular weight is 413 g/mol. The van der Waals surface area contributed by atoms with E-state index in [0.29, 0.717) is 29.5 Å². The molecule has 0 N–H and O–H groups in total.